The fraction of sp³-hybridized carbons (Fsp3) is 0.286. The lowest BCUT2D eigenvalue weighted by molar-refractivity contribution is 0.269. The number of sulfonamides is 1. The number of hydrogen-bond donors (Lipinski definition) is 0. The van der Waals surface area contributed by atoms with Gasteiger partial charge in [-0.1, -0.05) is 55.0 Å². The van der Waals surface area contributed by atoms with E-state index in [4.69, 9.17) is 0 Å². The van der Waals surface area contributed by atoms with Crippen LogP contribution in [0.3, 0.4) is 0 Å². The average Bonchev–Trinajstić information content (AvgIpc) is 3.16. The molecule has 5 nitrogen and oxygen atoms in total. The summed E-state index contributed by atoms with van der Waals surface area (Å²) in [7, 11) is -3.63. The number of para-hydroxylation sites is 1. The second-order valence-electron chi connectivity index (χ2n) is 6.95. The summed E-state index contributed by atoms with van der Waals surface area (Å²) in [5.74, 6) is 0. The molecule has 0 saturated carbocycles. The second-order valence-corrected chi connectivity index (χ2v) is 8.81. The Hall–Kier alpha value is -2.44. The Morgan fingerprint density at radius 1 is 0.963 bits per heavy atom. The number of hydrogen-bond acceptors (Lipinski definition) is 3. The summed E-state index contributed by atoms with van der Waals surface area (Å²) in [5.41, 5.74) is 2.13. The Labute approximate surface area is 160 Å². The predicted octanol–water partition coefficient (Wildman–Crippen LogP) is 4.10. The van der Waals surface area contributed by atoms with E-state index in [-0.39, 0.29) is 10.9 Å². The van der Waals surface area contributed by atoms with Gasteiger partial charge in [0.2, 0.25) is 10.0 Å². The highest BCUT2D eigenvalue weighted by molar-refractivity contribution is 7.89. The fourth-order valence-electron chi connectivity index (χ4n) is 3.61. The Balaban J connectivity index is 1.87. The van der Waals surface area contributed by atoms with Crippen molar-refractivity contribution in [2.75, 3.05) is 6.54 Å². The molecule has 2 heterocycles. The van der Waals surface area contributed by atoms with Crippen LogP contribution >= 0.6 is 0 Å². The molecule has 4 rings (SSSR count). The highest BCUT2D eigenvalue weighted by Crippen LogP contribution is 2.32. The molecule has 0 spiro atoms. The Kier molecular flexibility index (Phi) is 4.85. The maximum absolute atomic E-state index is 13.5. The first-order chi connectivity index (χ1) is 13.1. The third kappa shape index (κ3) is 3.42. The van der Waals surface area contributed by atoms with Crippen molar-refractivity contribution < 1.29 is 8.42 Å². The molecular weight excluding hydrogens is 358 g/mol. The van der Waals surface area contributed by atoms with Crippen LogP contribution in [-0.4, -0.2) is 35.1 Å². The zero-order valence-electron chi connectivity index (χ0n) is 15.3. The number of benzene rings is 2. The van der Waals surface area contributed by atoms with Gasteiger partial charge < -0.3 is 0 Å². The van der Waals surface area contributed by atoms with Crippen LogP contribution in [0.5, 0.6) is 0 Å². The number of nitrogens with zero attached hydrogens (tertiary/aromatic N) is 3. The molecule has 0 aliphatic carbocycles. The Bertz CT molecular complexity index is 1010. The number of rotatable bonds is 4. The molecule has 1 aromatic heterocycles. The molecule has 1 fully saturated rings. The standard InChI is InChI=1S/C21H23N3O2S/c1-17-10-8-9-15-24(17)27(25,26)20-16-23(19-13-6-3-7-14-19)22-21(20)18-11-4-2-5-12-18/h2-7,11-14,16-17H,8-10,15H2,1H3. The SMILES string of the molecule is CC1CCCCN1S(=O)(=O)c1cn(-c2ccccc2)nc1-c1ccccc1. The highest BCUT2D eigenvalue weighted by atomic mass is 32.2. The molecule has 1 aliphatic rings. The van der Waals surface area contributed by atoms with Crippen molar-refractivity contribution in [2.45, 2.75) is 37.1 Å². The molecule has 140 valence electrons. The van der Waals surface area contributed by atoms with Gasteiger partial charge in [-0.2, -0.15) is 9.40 Å². The minimum absolute atomic E-state index is 0.00690. The van der Waals surface area contributed by atoms with Crippen LogP contribution in [0.25, 0.3) is 16.9 Å². The average molecular weight is 382 g/mol. The van der Waals surface area contributed by atoms with Gasteiger partial charge in [-0.05, 0) is 31.9 Å². The monoisotopic (exact) mass is 381 g/mol. The molecule has 0 N–H and O–H groups in total. The van der Waals surface area contributed by atoms with Gasteiger partial charge in [0.05, 0.1) is 11.9 Å². The fourth-order valence-corrected chi connectivity index (χ4v) is 5.45. The third-order valence-corrected chi connectivity index (χ3v) is 7.09. The first kappa shape index (κ1) is 17.9. The third-order valence-electron chi connectivity index (χ3n) is 5.08. The van der Waals surface area contributed by atoms with E-state index in [9.17, 15) is 8.42 Å². The van der Waals surface area contributed by atoms with Crippen LogP contribution in [0.4, 0.5) is 0 Å². The normalized spacial score (nSPS) is 18.5. The van der Waals surface area contributed by atoms with E-state index in [1.165, 1.54) is 0 Å². The van der Waals surface area contributed by atoms with Crippen molar-refractivity contribution in [3.8, 4) is 16.9 Å². The van der Waals surface area contributed by atoms with E-state index < -0.39 is 10.0 Å². The second kappa shape index (κ2) is 7.29. The molecule has 27 heavy (non-hydrogen) atoms. The summed E-state index contributed by atoms with van der Waals surface area (Å²) in [6.07, 6.45) is 4.51. The van der Waals surface area contributed by atoms with Crippen molar-refractivity contribution >= 4 is 10.0 Å². The van der Waals surface area contributed by atoms with Gasteiger partial charge in [-0.15, -0.1) is 0 Å². The lowest BCUT2D eigenvalue weighted by Crippen LogP contribution is -2.41. The summed E-state index contributed by atoms with van der Waals surface area (Å²) >= 11 is 0. The van der Waals surface area contributed by atoms with E-state index >= 15 is 0 Å². The Morgan fingerprint density at radius 3 is 2.30 bits per heavy atom. The molecular formula is C21H23N3O2S. The van der Waals surface area contributed by atoms with Crippen molar-refractivity contribution in [3.05, 3.63) is 66.9 Å². The van der Waals surface area contributed by atoms with Crippen LogP contribution in [0.1, 0.15) is 26.2 Å². The topological polar surface area (TPSA) is 55.2 Å². The quantitative estimate of drug-likeness (QED) is 0.684. The number of aromatic nitrogens is 2. The first-order valence-corrected chi connectivity index (χ1v) is 10.7. The maximum Gasteiger partial charge on any atom is 0.247 e. The van der Waals surface area contributed by atoms with Crippen LogP contribution < -0.4 is 0 Å². The summed E-state index contributed by atoms with van der Waals surface area (Å²) in [4.78, 5) is 0.270. The molecule has 6 heteroatoms. The zero-order valence-corrected chi connectivity index (χ0v) is 16.1. The summed E-state index contributed by atoms with van der Waals surface area (Å²) < 4.78 is 30.3. The van der Waals surface area contributed by atoms with E-state index in [0.29, 0.717) is 12.2 Å². The van der Waals surface area contributed by atoms with Crippen molar-refractivity contribution in [3.63, 3.8) is 0 Å². The lowest BCUT2D eigenvalue weighted by Gasteiger charge is -2.32. The summed E-state index contributed by atoms with van der Waals surface area (Å²) in [6, 6.07) is 19.1. The molecule has 0 bridgehead atoms. The van der Waals surface area contributed by atoms with E-state index in [2.05, 4.69) is 5.10 Å². The van der Waals surface area contributed by atoms with Crippen molar-refractivity contribution in [2.24, 2.45) is 0 Å². The van der Waals surface area contributed by atoms with Crippen LogP contribution in [-0.2, 0) is 10.0 Å². The van der Waals surface area contributed by atoms with E-state index in [0.717, 1.165) is 30.5 Å². The van der Waals surface area contributed by atoms with Crippen LogP contribution in [0.15, 0.2) is 71.8 Å². The van der Waals surface area contributed by atoms with Gasteiger partial charge in [0.25, 0.3) is 0 Å². The molecule has 1 atom stereocenters. The van der Waals surface area contributed by atoms with Crippen molar-refractivity contribution in [1.29, 1.82) is 0 Å². The minimum atomic E-state index is -3.63. The lowest BCUT2D eigenvalue weighted by atomic mass is 10.1. The molecule has 0 amide bonds. The van der Waals surface area contributed by atoms with Gasteiger partial charge >= 0.3 is 0 Å². The van der Waals surface area contributed by atoms with E-state index in [1.54, 1.807) is 15.2 Å². The molecule has 2 aromatic carbocycles. The van der Waals surface area contributed by atoms with Crippen LogP contribution in [0, 0.1) is 0 Å². The number of piperidine rings is 1. The molecule has 0 radical (unpaired) electrons. The zero-order chi connectivity index (χ0) is 18.9. The molecule has 3 aromatic rings. The summed E-state index contributed by atoms with van der Waals surface area (Å²) in [5, 5.41) is 4.65. The van der Waals surface area contributed by atoms with E-state index in [1.807, 2.05) is 67.6 Å². The smallest absolute Gasteiger partial charge is 0.239 e. The van der Waals surface area contributed by atoms with Gasteiger partial charge in [-0.25, -0.2) is 13.1 Å². The van der Waals surface area contributed by atoms with Gasteiger partial charge in [-0.3, -0.25) is 0 Å². The minimum Gasteiger partial charge on any atom is -0.239 e. The largest absolute Gasteiger partial charge is 0.247 e. The van der Waals surface area contributed by atoms with Gasteiger partial charge in [0, 0.05) is 18.2 Å². The molecule has 1 saturated heterocycles. The first-order valence-electron chi connectivity index (χ1n) is 9.30. The summed E-state index contributed by atoms with van der Waals surface area (Å²) in [6.45, 7) is 2.55. The van der Waals surface area contributed by atoms with Gasteiger partial charge in [0.15, 0.2) is 0 Å². The van der Waals surface area contributed by atoms with Crippen molar-refractivity contribution in [1.82, 2.24) is 14.1 Å². The Morgan fingerprint density at radius 2 is 1.63 bits per heavy atom. The van der Waals surface area contributed by atoms with Gasteiger partial charge in [0.1, 0.15) is 10.6 Å². The maximum atomic E-state index is 13.5. The highest BCUT2D eigenvalue weighted by Gasteiger charge is 2.34. The molecule has 1 aliphatic heterocycles. The predicted molar refractivity (Wildman–Crippen MR) is 106 cm³/mol. The molecule has 1 unspecified atom stereocenters. The van der Waals surface area contributed by atoms with Crippen LogP contribution in [0.2, 0.25) is 0 Å².